The van der Waals surface area contributed by atoms with Crippen molar-refractivity contribution in [2.24, 2.45) is 7.05 Å². The first-order valence-electron chi connectivity index (χ1n) is 8.88. The van der Waals surface area contributed by atoms with E-state index in [1.807, 2.05) is 42.1 Å². The lowest BCUT2D eigenvalue weighted by atomic mass is 10.1. The number of halogens is 3. The summed E-state index contributed by atoms with van der Waals surface area (Å²) in [7, 11) is 3.54. The Morgan fingerprint density at radius 2 is 1.90 bits per heavy atom. The minimum Gasteiger partial charge on any atom is -0.497 e. The lowest BCUT2D eigenvalue weighted by Crippen LogP contribution is -2.14. The Bertz CT molecular complexity index is 1380. The van der Waals surface area contributed by atoms with Gasteiger partial charge in [0, 0.05) is 29.7 Å². The topological polar surface area (TPSA) is 60.1 Å². The smallest absolute Gasteiger partial charge is 0.396 e. The molecule has 0 saturated heterocycles. The number of aromatic amines is 1. The van der Waals surface area contributed by atoms with Crippen molar-refractivity contribution in [3.8, 4) is 17.0 Å². The maximum atomic E-state index is 13.0. The first-order chi connectivity index (χ1) is 13.8. The van der Waals surface area contributed by atoms with Gasteiger partial charge in [-0.1, -0.05) is 0 Å². The predicted molar refractivity (Wildman–Crippen MR) is 103 cm³/mol. The second-order valence-corrected chi connectivity index (χ2v) is 6.94. The Balaban J connectivity index is 1.74. The van der Waals surface area contributed by atoms with Gasteiger partial charge in [-0.25, -0.2) is 9.97 Å². The fraction of sp³-hybridized carbons (Fsp3) is 0.200. The Kier molecular flexibility index (Phi) is 3.64. The van der Waals surface area contributed by atoms with Crippen molar-refractivity contribution in [3.63, 3.8) is 0 Å². The molecular weight excluding hydrogens is 383 g/mol. The number of aryl methyl sites for hydroxylation is 1. The van der Waals surface area contributed by atoms with Gasteiger partial charge in [-0.15, -0.1) is 0 Å². The van der Waals surface area contributed by atoms with E-state index < -0.39 is 12.6 Å². The molecule has 5 aromatic rings. The normalized spacial score (nSPS) is 12.4. The molecule has 0 atom stereocenters. The van der Waals surface area contributed by atoms with Crippen molar-refractivity contribution in [2.45, 2.75) is 12.6 Å². The third-order valence-electron chi connectivity index (χ3n) is 5.05. The van der Waals surface area contributed by atoms with Crippen LogP contribution in [0.5, 0.6) is 5.75 Å². The van der Waals surface area contributed by atoms with E-state index in [1.165, 1.54) is 16.8 Å². The first-order valence-corrected chi connectivity index (χ1v) is 8.88. The molecule has 6 nitrogen and oxygen atoms in total. The summed E-state index contributed by atoms with van der Waals surface area (Å²) in [6.07, 6.45) is -0.560. The van der Waals surface area contributed by atoms with Crippen LogP contribution in [0.15, 0.2) is 42.9 Å². The number of fused-ring (bicyclic) bond motifs is 4. The zero-order valence-corrected chi connectivity index (χ0v) is 15.6. The molecule has 0 aliphatic heterocycles. The van der Waals surface area contributed by atoms with Gasteiger partial charge in [-0.3, -0.25) is 4.40 Å². The van der Waals surface area contributed by atoms with Crippen molar-refractivity contribution >= 4 is 27.6 Å². The summed E-state index contributed by atoms with van der Waals surface area (Å²) in [4.78, 5) is 11.5. The van der Waals surface area contributed by atoms with Crippen LogP contribution in [0, 0.1) is 0 Å². The van der Waals surface area contributed by atoms with Gasteiger partial charge >= 0.3 is 6.18 Å². The number of aromatic nitrogens is 5. The summed E-state index contributed by atoms with van der Waals surface area (Å²) in [5.41, 5.74) is 4.23. The summed E-state index contributed by atoms with van der Waals surface area (Å²) in [5.74, 6) is 0.661. The van der Waals surface area contributed by atoms with Crippen LogP contribution in [0.3, 0.4) is 0 Å². The Morgan fingerprint density at radius 1 is 1.10 bits per heavy atom. The number of nitrogens with one attached hydrogen (secondary N) is 1. The highest BCUT2D eigenvalue weighted by Crippen LogP contribution is 2.34. The number of rotatable bonds is 3. The van der Waals surface area contributed by atoms with Gasteiger partial charge in [0.15, 0.2) is 5.65 Å². The average molecular weight is 399 g/mol. The van der Waals surface area contributed by atoms with Crippen LogP contribution in [0.1, 0.15) is 5.82 Å². The molecule has 0 amide bonds. The summed E-state index contributed by atoms with van der Waals surface area (Å²) >= 11 is 0. The molecule has 5 rings (SSSR count). The Hall–Kier alpha value is -3.49. The van der Waals surface area contributed by atoms with Crippen molar-refractivity contribution in [1.82, 2.24) is 23.9 Å². The number of nitrogens with zero attached hydrogens (tertiary/aromatic N) is 4. The van der Waals surface area contributed by atoms with E-state index in [0.29, 0.717) is 16.7 Å². The molecule has 0 bridgehead atoms. The van der Waals surface area contributed by atoms with E-state index in [1.54, 1.807) is 7.11 Å². The van der Waals surface area contributed by atoms with Gasteiger partial charge in [0.05, 0.1) is 36.2 Å². The molecular formula is C20H16F3N5O. The molecule has 4 heterocycles. The van der Waals surface area contributed by atoms with Crippen LogP contribution in [0.2, 0.25) is 0 Å². The van der Waals surface area contributed by atoms with E-state index in [-0.39, 0.29) is 5.82 Å². The third kappa shape index (κ3) is 2.81. The lowest BCUT2D eigenvalue weighted by Gasteiger charge is -2.06. The second kappa shape index (κ2) is 6.00. The van der Waals surface area contributed by atoms with Crippen molar-refractivity contribution < 1.29 is 17.9 Å². The van der Waals surface area contributed by atoms with E-state index >= 15 is 0 Å². The average Bonchev–Trinajstić information content (AvgIpc) is 3.35. The van der Waals surface area contributed by atoms with Crippen LogP contribution in [-0.4, -0.2) is 37.2 Å². The molecule has 0 radical (unpaired) electrons. The second-order valence-electron chi connectivity index (χ2n) is 6.94. The number of benzene rings is 1. The van der Waals surface area contributed by atoms with Crippen molar-refractivity contribution in [1.29, 1.82) is 0 Å². The number of alkyl halides is 3. The van der Waals surface area contributed by atoms with Crippen LogP contribution in [-0.2, 0) is 13.5 Å². The molecule has 1 N–H and O–H groups in total. The summed E-state index contributed by atoms with van der Waals surface area (Å²) in [5, 5.41) is 0.968. The number of H-pyrrole nitrogens is 1. The van der Waals surface area contributed by atoms with E-state index in [2.05, 4.69) is 15.0 Å². The van der Waals surface area contributed by atoms with Crippen LogP contribution >= 0.6 is 0 Å². The highest BCUT2D eigenvalue weighted by Gasteiger charge is 2.30. The van der Waals surface area contributed by atoms with Crippen molar-refractivity contribution in [2.75, 3.05) is 7.11 Å². The van der Waals surface area contributed by atoms with E-state index in [4.69, 9.17) is 4.74 Å². The third-order valence-corrected chi connectivity index (χ3v) is 5.05. The molecule has 29 heavy (non-hydrogen) atoms. The molecule has 4 aromatic heterocycles. The number of methoxy groups -OCH3 is 1. The Morgan fingerprint density at radius 3 is 2.66 bits per heavy atom. The highest BCUT2D eigenvalue weighted by atomic mass is 19.4. The van der Waals surface area contributed by atoms with Gasteiger partial charge in [-0.05, 0) is 24.3 Å². The van der Waals surface area contributed by atoms with Crippen LogP contribution in [0.25, 0.3) is 38.8 Å². The molecule has 0 aliphatic carbocycles. The summed E-state index contributed by atoms with van der Waals surface area (Å²) < 4.78 is 47.8. The minimum atomic E-state index is -4.35. The maximum absolute atomic E-state index is 13.0. The maximum Gasteiger partial charge on any atom is 0.396 e. The fourth-order valence-corrected chi connectivity index (χ4v) is 3.77. The highest BCUT2D eigenvalue weighted by molar-refractivity contribution is 5.98. The quantitative estimate of drug-likeness (QED) is 0.487. The minimum absolute atomic E-state index is 0.0648. The largest absolute Gasteiger partial charge is 0.497 e. The van der Waals surface area contributed by atoms with Crippen molar-refractivity contribution in [3.05, 3.63) is 48.7 Å². The molecule has 0 fully saturated rings. The number of hydrogen-bond acceptors (Lipinski definition) is 3. The molecule has 9 heteroatoms. The Labute approximate surface area is 162 Å². The van der Waals surface area contributed by atoms with Crippen LogP contribution in [0.4, 0.5) is 13.2 Å². The standard InChI is InChI=1S/C20H16F3N5O/c1-27-10-14(13-5-12(29-2)3-4-16(13)27)15-6-17-19(26-15)25-9-11-8-24-18(28(11)17)7-20(21,22)23/h3-6,8-10,26H,7H2,1-2H3. The lowest BCUT2D eigenvalue weighted by molar-refractivity contribution is -0.128. The summed E-state index contributed by atoms with van der Waals surface area (Å²) in [6.45, 7) is 0. The SMILES string of the molecule is COc1ccc2c(c1)c(-c1cc3c(ncc4cnc(CC(F)(F)F)n43)[nH]1)cn2C. The zero-order chi connectivity index (χ0) is 20.3. The van der Waals surface area contributed by atoms with Gasteiger partial charge < -0.3 is 14.3 Å². The van der Waals surface area contributed by atoms with Gasteiger partial charge in [0.1, 0.15) is 18.0 Å². The molecule has 0 aliphatic rings. The number of ether oxygens (including phenoxy) is 1. The number of imidazole rings is 1. The monoisotopic (exact) mass is 399 g/mol. The molecule has 148 valence electrons. The first kappa shape index (κ1) is 17.6. The zero-order valence-electron chi connectivity index (χ0n) is 15.6. The molecule has 1 aromatic carbocycles. The van der Waals surface area contributed by atoms with Gasteiger partial charge in [0.2, 0.25) is 0 Å². The summed E-state index contributed by atoms with van der Waals surface area (Å²) in [6, 6.07) is 7.60. The fourth-order valence-electron chi connectivity index (χ4n) is 3.77. The van der Waals surface area contributed by atoms with E-state index in [0.717, 1.165) is 27.9 Å². The molecule has 0 spiro atoms. The predicted octanol–water partition coefficient (Wildman–Crippen LogP) is 4.48. The number of hydrogen-bond donors (Lipinski definition) is 1. The van der Waals surface area contributed by atoms with Gasteiger partial charge in [-0.2, -0.15) is 13.2 Å². The van der Waals surface area contributed by atoms with E-state index in [9.17, 15) is 13.2 Å². The van der Waals surface area contributed by atoms with Crippen LogP contribution < -0.4 is 4.74 Å². The molecule has 0 saturated carbocycles. The van der Waals surface area contributed by atoms with Gasteiger partial charge in [0.25, 0.3) is 0 Å². The molecule has 0 unspecified atom stereocenters.